The molecule has 0 spiro atoms. The van der Waals surface area contributed by atoms with Gasteiger partial charge in [0.2, 0.25) is 0 Å². The van der Waals surface area contributed by atoms with Gasteiger partial charge in [-0.05, 0) is 0 Å². The van der Waals surface area contributed by atoms with Crippen LogP contribution in [0.15, 0.2) is 0 Å². The Bertz CT molecular complexity index is 90.1. The van der Waals surface area contributed by atoms with E-state index in [1.165, 1.54) is 0 Å². The summed E-state index contributed by atoms with van der Waals surface area (Å²) in [4.78, 5) is 0. The fourth-order valence-electron chi connectivity index (χ4n) is 0. The molecule has 56 valence electrons. The molecule has 0 aromatic heterocycles. The second-order valence-electron chi connectivity index (χ2n) is 0.408. The molecule has 0 bridgehead atoms. The van der Waals surface area contributed by atoms with Crippen LogP contribution in [0.3, 0.4) is 0 Å². The third-order valence-electron chi connectivity index (χ3n) is 0.111. The molecule has 2 unspecified atom stereocenters. The molecule has 0 aliphatic carbocycles. The molecule has 0 amide bonds. The van der Waals surface area contributed by atoms with Gasteiger partial charge in [-0.1, -0.05) is 0 Å². The van der Waals surface area contributed by atoms with Crippen molar-refractivity contribution in [3.8, 4) is 0 Å². The second-order valence-corrected chi connectivity index (χ2v) is 2.86. The minimum absolute atomic E-state index is 0. The smallest absolute Gasteiger partial charge is 1.00 e. The monoisotopic (exact) mass is 364 g/mol. The zero-order valence-electron chi connectivity index (χ0n) is 5.71. The molecule has 11 heteroatoms. The molecule has 0 aliphatic rings. The van der Waals surface area contributed by atoms with Crippen LogP contribution < -0.4 is 83.9 Å². The van der Waals surface area contributed by atoms with E-state index < -0.39 is 20.2 Å². The minimum atomic E-state index is -2.95. The molecule has 0 saturated carbocycles. The van der Waals surface area contributed by atoms with E-state index >= 15 is 0 Å². The number of rotatable bonds is 1. The topological polar surface area (TPSA) is 80.3 Å². The molecule has 11 heavy (non-hydrogen) atoms. The van der Waals surface area contributed by atoms with Gasteiger partial charge in [0.1, 0.15) is 0 Å². The van der Waals surface area contributed by atoms with Crippen LogP contribution in [-0.4, -0.2) is 41.4 Å². The van der Waals surface area contributed by atoms with E-state index in [2.05, 4.69) is 0 Å². The van der Waals surface area contributed by atoms with Crippen molar-refractivity contribution < 1.29 is 101 Å². The van der Waals surface area contributed by atoms with Crippen LogP contribution in [0, 0.1) is 0 Å². The zero-order chi connectivity index (χ0) is 5.15. The van der Waals surface area contributed by atoms with Gasteiger partial charge in [0.05, 0.1) is 0 Å². The second kappa shape index (κ2) is 23.4. The Morgan fingerprint density at radius 1 is 0.818 bits per heavy atom. The van der Waals surface area contributed by atoms with E-state index in [-0.39, 0.29) is 108 Å². The van der Waals surface area contributed by atoms with Crippen molar-refractivity contribution in [1.29, 1.82) is 0 Å². The van der Waals surface area contributed by atoms with Crippen LogP contribution in [0.4, 0.5) is 0 Å². The molecule has 0 N–H and O–H groups in total. The quantitative estimate of drug-likeness (QED) is 0.263. The van der Waals surface area contributed by atoms with Gasteiger partial charge in [-0.3, -0.25) is 8.42 Å². The Morgan fingerprint density at radius 2 is 0.909 bits per heavy atom. The zero-order valence-corrected chi connectivity index (χ0v) is 15.7. The molecule has 0 aliphatic heterocycles. The molecular formula is Cl2Na2O4S2Sn. The van der Waals surface area contributed by atoms with Crippen molar-refractivity contribution in [2.45, 2.75) is 0 Å². The van der Waals surface area contributed by atoms with Gasteiger partial charge in [-0.2, -0.15) is 0 Å². The maximum absolute atomic E-state index is 9.09. The summed E-state index contributed by atoms with van der Waals surface area (Å²) in [5.74, 6) is 0. The molecule has 0 aromatic rings. The van der Waals surface area contributed by atoms with Gasteiger partial charge in [0.15, 0.2) is 0 Å². The maximum Gasteiger partial charge on any atom is 2.00 e. The maximum atomic E-state index is 9.09. The van der Waals surface area contributed by atoms with Crippen LogP contribution in [0.2, 0.25) is 0 Å². The predicted molar refractivity (Wildman–Crippen MR) is 23.6 cm³/mol. The van der Waals surface area contributed by atoms with E-state index in [1.54, 1.807) is 0 Å². The normalized spacial score (nSPS) is 10.7. The Hall–Kier alpha value is 3.60. The van der Waals surface area contributed by atoms with E-state index in [4.69, 9.17) is 17.5 Å². The van der Waals surface area contributed by atoms with Gasteiger partial charge in [0, 0.05) is 20.2 Å². The Labute approximate surface area is 143 Å². The summed E-state index contributed by atoms with van der Waals surface area (Å²) >= 11 is 0. The summed E-state index contributed by atoms with van der Waals surface area (Å²) < 4.78 is 36.3. The molecule has 0 aromatic carbocycles. The Kier molecular flexibility index (Phi) is 77.8. The summed E-state index contributed by atoms with van der Waals surface area (Å²) in [5, 5.41) is 0. The van der Waals surface area contributed by atoms with Crippen LogP contribution >= 0.6 is 0 Å². The molecule has 0 rings (SSSR count). The fourth-order valence-corrected chi connectivity index (χ4v) is 0. The predicted octanol–water partition coefficient (Wildman–Crippen LogP) is -13.7. The third-order valence-corrected chi connectivity index (χ3v) is 1.00. The van der Waals surface area contributed by atoms with Crippen molar-refractivity contribution >= 4 is 44.1 Å². The first-order chi connectivity index (χ1) is 2.64. The van der Waals surface area contributed by atoms with Crippen molar-refractivity contribution in [1.82, 2.24) is 0 Å². The number of hydrogen-bond donors (Lipinski definition) is 0. The van der Waals surface area contributed by atoms with Crippen LogP contribution in [-0.2, 0) is 20.2 Å². The summed E-state index contributed by atoms with van der Waals surface area (Å²) in [6.45, 7) is 0. The molecule has 4 nitrogen and oxygen atoms in total. The minimum Gasteiger partial charge on any atom is -1.00 e. The van der Waals surface area contributed by atoms with E-state index in [0.717, 1.165) is 0 Å². The van der Waals surface area contributed by atoms with Crippen LogP contribution in [0.1, 0.15) is 0 Å². The van der Waals surface area contributed by atoms with E-state index in [1.807, 2.05) is 0 Å². The average Bonchev–Trinajstić information content (AvgIpc) is 1.36. The fraction of sp³-hybridized carbons (Fsp3) is 0. The first-order valence-corrected chi connectivity index (χ1v) is 3.50. The number of hydrogen-bond acceptors (Lipinski definition) is 4. The van der Waals surface area contributed by atoms with Gasteiger partial charge >= 0.3 is 83.0 Å². The molecule has 0 fully saturated rings. The summed E-state index contributed by atoms with van der Waals surface area (Å²) in [6.07, 6.45) is 0. The molecule has 2 radical (unpaired) electrons. The molecule has 0 heterocycles. The first kappa shape index (κ1) is 36.5. The van der Waals surface area contributed by atoms with Gasteiger partial charge in [-0.25, -0.2) is 0 Å². The summed E-state index contributed by atoms with van der Waals surface area (Å²) in [7, 11) is -5.90. The largest absolute Gasteiger partial charge is 2.00 e. The molecule has 2 atom stereocenters. The first-order valence-electron chi connectivity index (χ1n) is 0.833. The van der Waals surface area contributed by atoms with E-state index in [0.29, 0.717) is 0 Å². The number of halogens is 2. The average molecular weight is 364 g/mol. The molecular weight excluding hydrogens is 364 g/mol. The summed E-state index contributed by atoms with van der Waals surface area (Å²) in [5.41, 5.74) is 0. The van der Waals surface area contributed by atoms with Gasteiger partial charge in [0.25, 0.3) is 0 Å². The van der Waals surface area contributed by atoms with Crippen molar-refractivity contribution in [2.75, 3.05) is 0 Å². The molecule has 0 saturated heterocycles. The Morgan fingerprint density at radius 3 is 0.909 bits per heavy atom. The van der Waals surface area contributed by atoms with Crippen molar-refractivity contribution in [3.63, 3.8) is 0 Å². The standard InChI is InChI=1S/2ClH.2Na.H2O4S2.Sn/c;;;;1-5(2)6(3)4;/h2*1H;;;(H,1,2)(H,3,4);/q;;2*+1;;+2/p-4. The summed E-state index contributed by atoms with van der Waals surface area (Å²) in [6, 6.07) is 0. The van der Waals surface area contributed by atoms with Crippen molar-refractivity contribution in [2.24, 2.45) is 0 Å². The van der Waals surface area contributed by atoms with Crippen molar-refractivity contribution in [3.05, 3.63) is 0 Å². The Balaban J connectivity index is -0.0000000125. The van der Waals surface area contributed by atoms with Crippen LogP contribution in [0.25, 0.3) is 0 Å². The third kappa shape index (κ3) is 31.7. The van der Waals surface area contributed by atoms with Gasteiger partial charge < -0.3 is 33.9 Å². The SMILES string of the molecule is O=S([O-])S(=O)[O-].[Cl-].[Cl-].[Na+].[Na+].[Sn+2]. The van der Waals surface area contributed by atoms with E-state index in [9.17, 15) is 0 Å². The van der Waals surface area contributed by atoms with Crippen LogP contribution in [0.5, 0.6) is 0 Å². The van der Waals surface area contributed by atoms with Gasteiger partial charge in [-0.15, -0.1) is 0 Å².